The maximum absolute atomic E-state index is 12.6. The Hall–Kier alpha value is -3.31. The van der Waals surface area contributed by atoms with Gasteiger partial charge in [-0.1, -0.05) is 37.6 Å². The Morgan fingerprint density at radius 2 is 2.00 bits per heavy atom. The topological polar surface area (TPSA) is 64.4 Å². The molecule has 1 atom stereocenters. The SMILES string of the molecule is CC[C@H](C)c1ccc2oc(-c3cccc(NC(=O)c4ccc(OC)c(Cl)c4)c3)nc2c1. The number of oxazole rings is 1. The summed E-state index contributed by atoms with van der Waals surface area (Å²) in [5.74, 6) is 1.24. The second kappa shape index (κ2) is 8.82. The van der Waals surface area contributed by atoms with E-state index >= 15 is 0 Å². The van der Waals surface area contributed by atoms with Crippen LogP contribution < -0.4 is 10.1 Å². The Morgan fingerprint density at radius 3 is 2.74 bits per heavy atom. The maximum Gasteiger partial charge on any atom is 0.255 e. The minimum Gasteiger partial charge on any atom is -0.495 e. The standard InChI is InChI=1S/C25H23ClN2O3/c1-4-15(2)16-8-11-23-21(14-16)28-25(31-23)18-6-5-7-19(12-18)27-24(29)17-9-10-22(30-3)20(26)13-17/h5-15H,4H2,1-3H3,(H,27,29)/t15-/m0/s1. The molecular weight excluding hydrogens is 412 g/mol. The van der Waals surface area contributed by atoms with Crippen LogP contribution >= 0.6 is 11.6 Å². The molecule has 1 heterocycles. The van der Waals surface area contributed by atoms with Crippen molar-refractivity contribution in [1.29, 1.82) is 0 Å². The van der Waals surface area contributed by atoms with E-state index < -0.39 is 0 Å². The van der Waals surface area contributed by atoms with Gasteiger partial charge in [-0.25, -0.2) is 4.98 Å². The highest BCUT2D eigenvalue weighted by atomic mass is 35.5. The first kappa shape index (κ1) is 20.9. The number of nitrogens with one attached hydrogen (secondary N) is 1. The first-order valence-corrected chi connectivity index (χ1v) is 10.5. The molecule has 0 saturated carbocycles. The molecule has 0 aliphatic carbocycles. The van der Waals surface area contributed by atoms with Gasteiger partial charge in [0.1, 0.15) is 11.3 Å². The lowest BCUT2D eigenvalue weighted by Crippen LogP contribution is -2.11. The van der Waals surface area contributed by atoms with Crippen LogP contribution in [0.5, 0.6) is 5.75 Å². The predicted molar refractivity (Wildman–Crippen MR) is 124 cm³/mol. The molecule has 0 fully saturated rings. The maximum atomic E-state index is 12.6. The number of rotatable bonds is 6. The van der Waals surface area contributed by atoms with Gasteiger partial charge < -0.3 is 14.5 Å². The van der Waals surface area contributed by atoms with E-state index in [9.17, 15) is 4.79 Å². The molecule has 158 valence electrons. The van der Waals surface area contributed by atoms with E-state index in [1.54, 1.807) is 18.2 Å². The van der Waals surface area contributed by atoms with Crippen molar-refractivity contribution in [3.63, 3.8) is 0 Å². The molecule has 0 bridgehead atoms. The molecular formula is C25H23ClN2O3. The molecule has 0 saturated heterocycles. The summed E-state index contributed by atoms with van der Waals surface area (Å²) in [6.45, 7) is 4.37. The third kappa shape index (κ3) is 4.42. The first-order valence-electron chi connectivity index (χ1n) is 10.1. The number of benzene rings is 3. The van der Waals surface area contributed by atoms with Crippen LogP contribution in [-0.4, -0.2) is 18.0 Å². The molecule has 0 aliphatic rings. The van der Waals surface area contributed by atoms with Gasteiger partial charge in [0.2, 0.25) is 5.89 Å². The number of fused-ring (bicyclic) bond motifs is 1. The zero-order chi connectivity index (χ0) is 22.0. The predicted octanol–water partition coefficient (Wildman–Crippen LogP) is 6.92. The van der Waals surface area contributed by atoms with E-state index in [2.05, 4.69) is 36.3 Å². The monoisotopic (exact) mass is 434 g/mol. The fourth-order valence-corrected chi connectivity index (χ4v) is 3.61. The zero-order valence-electron chi connectivity index (χ0n) is 17.6. The average molecular weight is 435 g/mol. The van der Waals surface area contributed by atoms with Gasteiger partial charge in [0.15, 0.2) is 5.58 Å². The van der Waals surface area contributed by atoms with Crippen molar-refractivity contribution in [3.05, 3.63) is 76.8 Å². The van der Waals surface area contributed by atoms with Crippen LogP contribution in [0.4, 0.5) is 5.69 Å². The first-order chi connectivity index (χ1) is 15.0. The summed E-state index contributed by atoms with van der Waals surface area (Å²) >= 11 is 6.13. The molecule has 31 heavy (non-hydrogen) atoms. The molecule has 5 nitrogen and oxygen atoms in total. The van der Waals surface area contributed by atoms with Gasteiger partial charge in [-0.15, -0.1) is 0 Å². The molecule has 4 rings (SSSR count). The minimum atomic E-state index is -0.266. The Labute approximate surface area is 186 Å². The summed E-state index contributed by atoms with van der Waals surface area (Å²) in [5, 5.41) is 3.27. The fraction of sp³-hybridized carbons (Fsp3) is 0.200. The van der Waals surface area contributed by atoms with Crippen molar-refractivity contribution < 1.29 is 13.9 Å². The zero-order valence-corrected chi connectivity index (χ0v) is 18.4. The molecule has 4 aromatic rings. The molecule has 0 spiro atoms. The van der Waals surface area contributed by atoms with Crippen LogP contribution in [0.15, 0.2) is 65.1 Å². The van der Waals surface area contributed by atoms with Crippen molar-refractivity contribution in [2.45, 2.75) is 26.2 Å². The third-order valence-electron chi connectivity index (χ3n) is 5.37. The van der Waals surface area contributed by atoms with Crippen LogP contribution in [0.25, 0.3) is 22.6 Å². The fourth-order valence-electron chi connectivity index (χ4n) is 3.35. The number of ether oxygens (including phenoxy) is 1. The number of amides is 1. The van der Waals surface area contributed by atoms with E-state index in [4.69, 9.17) is 20.8 Å². The quantitative estimate of drug-likeness (QED) is 0.357. The van der Waals surface area contributed by atoms with Crippen LogP contribution in [0.3, 0.4) is 0 Å². The average Bonchev–Trinajstić information content (AvgIpc) is 3.22. The molecule has 0 aliphatic heterocycles. The summed E-state index contributed by atoms with van der Waals surface area (Å²) in [6, 6.07) is 18.4. The van der Waals surface area contributed by atoms with Crippen molar-refractivity contribution in [2.24, 2.45) is 0 Å². The van der Waals surface area contributed by atoms with E-state index in [-0.39, 0.29) is 5.91 Å². The van der Waals surface area contributed by atoms with Gasteiger partial charge in [0.05, 0.1) is 12.1 Å². The van der Waals surface area contributed by atoms with Crippen molar-refractivity contribution >= 4 is 34.3 Å². The summed E-state index contributed by atoms with van der Waals surface area (Å²) < 4.78 is 11.1. The van der Waals surface area contributed by atoms with Gasteiger partial charge in [-0.05, 0) is 66.4 Å². The second-order valence-corrected chi connectivity index (χ2v) is 7.85. The number of halogens is 1. The van der Waals surface area contributed by atoms with Gasteiger partial charge in [0, 0.05) is 16.8 Å². The van der Waals surface area contributed by atoms with Gasteiger partial charge in [-0.3, -0.25) is 4.79 Å². The molecule has 1 N–H and O–H groups in total. The molecule has 6 heteroatoms. The Balaban J connectivity index is 1.58. The van der Waals surface area contributed by atoms with E-state index in [0.29, 0.717) is 33.8 Å². The lowest BCUT2D eigenvalue weighted by atomic mass is 9.98. The number of hydrogen-bond acceptors (Lipinski definition) is 4. The minimum absolute atomic E-state index is 0.266. The van der Waals surface area contributed by atoms with Crippen LogP contribution in [0, 0.1) is 0 Å². The number of carbonyl (C=O) groups excluding carboxylic acids is 1. The molecule has 1 amide bonds. The largest absolute Gasteiger partial charge is 0.495 e. The third-order valence-corrected chi connectivity index (χ3v) is 5.67. The highest BCUT2D eigenvalue weighted by Gasteiger charge is 2.13. The summed E-state index contributed by atoms with van der Waals surface area (Å²) in [7, 11) is 1.53. The Kier molecular flexibility index (Phi) is 5.96. The number of carbonyl (C=O) groups is 1. The van der Waals surface area contributed by atoms with Gasteiger partial charge >= 0.3 is 0 Å². The van der Waals surface area contributed by atoms with Crippen molar-refractivity contribution in [1.82, 2.24) is 4.98 Å². The second-order valence-electron chi connectivity index (χ2n) is 7.44. The number of methoxy groups -OCH3 is 1. The highest BCUT2D eigenvalue weighted by Crippen LogP contribution is 2.29. The van der Waals surface area contributed by atoms with Crippen molar-refractivity contribution in [2.75, 3.05) is 12.4 Å². The number of aromatic nitrogens is 1. The molecule has 0 radical (unpaired) electrons. The number of nitrogens with zero attached hydrogens (tertiary/aromatic N) is 1. The Bertz CT molecular complexity index is 1250. The van der Waals surface area contributed by atoms with Gasteiger partial charge in [0.25, 0.3) is 5.91 Å². The molecule has 3 aromatic carbocycles. The molecule has 0 unspecified atom stereocenters. The number of anilines is 1. The number of hydrogen-bond donors (Lipinski definition) is 1. The Morgan fingerprint density at radius 1 is 1.16 bits per heavy atom. The lowest BCUT2D eigenvalue weighted by Gasteiger charge is -2.08. The van der Waals surface area contributed by atoms with Crippen molar-refractivity contribution in [3.8, 4) is 17.2 Å². The van der Waals surface area contributed by atoms with Crippen LogP contribution in [0.1, 0.15) is 42.1 Å². The normalized spacial score (nSPS) is 12.0. The van der Waals surface area contributed by atoms with Crippen LogP contribution in [0.2, 0.25) is 5.02 Å². The molecule has 1 aromatic heterocycles. The van der Waals surface area contributed by atoms with Crippen LogP contribution in [-0.2, 0) is 0 Å². The summed E-state index contributed by atoms with van der Waals surface area (Å²) in [4.78, 5) is 17.3. The highest BCUT2D eigenvalue weighted by molar-refractivity contribution is 6.32. The smallest absolute Gasteiger partial charge is 0.255 e. The lowest BCUT2D eigenvalue weighted by molar-refractivity contribution is 0.102. The van der Waals surface area contributed by atoms with E-state index in [0.717, 1.165) is 23.1 Å². The van der Waals surface area contributed by atoms with E-state index in [1.165, 1.54) is 12.7 Å². The summed E-state index contributed by atoms with van der Waals surface area (Å²) in [5.41, 5.74) is 4.67. The van der Waals surface area contributed by atoms with E-state index in [1.807, 2.05) is 30.3 Å². The summed E-state index contributed by atoms with van der Waals surface area (Å²) in [6.07, 6.45) is 1.07. The van der Waals surface area contributed by atoms with Gasteiger partial charge in [-0.2, -0.15) is 0 Å².